The summed E-state index contributed by atoms with van der Waals surface area (Å²) in [6, 6.07) is 11.2. The summed E-state index contributed by atoms with van der Waals surface area (Å²) in [7, 11) is 0. The number of Topliss-reactive ketones (excluding diaryl/α,β-unsaturated/α-hetero) is 1. The van der Waals surface area contributed by atoms with Crippen molar-refractivity contribution >= 4 is 11.3 Å². The molecule has 2 heterocycles. The van der Waals surface area contributed by atoms with E-state index in [2.05, 4.69) is 4.98 Å². The number of H-pyrrole nitrogens is 1. The van der Waals surface area contributed by atoms with Gasteiger partial charge in [0.15, 0.2) is 5.78 Å². The number of carbonyl (C=O) groups excluding carboxylic acids is 1. The smallest absolute Gasteiger partial charge is 0.272 e. The topological polar surface area (TPSA) is 54.3 Å². The Kier molecular flexibility index (Phi) is 2.99. The number of rotatable bonds is 3. The standard InChI is InChI=1S/C16H14N2O2/c1-11(19)13-5-2-4-12(8-13)9-14-10-17-16(20)15-6-3-7-18(14)15/h2-8,10H,9H2,1H3,(H,17,20). The largest absolute Gasteiger partial charge is 0.326 e. The number of nitrogens with one attached hydrogen (secondary N) is 1. The number of aromatic nitrogens is 2. The fraction of sp³-hybridized carbons (Fsp3) is 0.125. The van der Waals surface area contributed by atoms with Crippen molar-refractivity contribution in [1.29, 1.82) is 0 Å². The van der Waals surface area contributed by atoms with Gasteiger partial charge < -0.3 is 9.38 Å². The lowest BCUT2D eigenvalue weighted by atomic mass is 10.0. The number of benzene rings is 1. The second kappa shape index (κ2) is 4.81. The molecule has 1 aromatic carbocycles. The Morgan fingerprint density at radius 2 is 2.10 bits per heavy atom. The Bertz CT molecular complexity index is 843. The molecule has 0 aliphatic heterocycles. The fourth-order valence-electron chi connectivity index (χ4n) is 2.35. The molecule has 3 aromatic rings. The van der Waals surface area contributed by atoms with Crippen LogP contribution in [-0.4, -0.2) is 15.2 Å². The molecule has 2 aromatic heterocycles. The number of ketones is 1. The maximum absolute atomic E-state index is 11.7. The highest BCUT2D eigenvalue weighted by molar-refractivity contribution is 5.94. The van der Waals surface area contributed by atoms with Crippen molar-refractivity contribution in [2.45, 2.75) is 13.3 Å². The quantitative estimate of drug-likeness (QED) is 0.740. The second-order valence-corrected chi connectivity index (χ2v) is 4.81. The summed E-state index contributed by atoms with van der Waals surface area (Å²) >= 11 is 0. The van der Waals surface area contributed by atoms with Gasteiger partial charge in [-0.1, -0.05) is 18.2 Å². The van der Waals surface area contributed by atoms with E-state index in [1.807, 2.05) is 40.9 Å². The molecule has 4 heteroatoms. The maximum atomic E-state index is 11.7. The molecule has 0 saturated heterocycles. The van der Waals surface area contributed by atoms with Gasteiger partial charge in [0.1, 0.15) is 5.52 Å². The SMILES string of the molecule is CC(=O)c1cccc(Cc2c[nH]c(=O)c3cccn23)c1. The highest BCUT2D eigenvalue weighted by Crippen LogP contribution is 2.12. The zero-order chi connectivity index (χ0) is 14.1. The van der Waals surface area contributed by atoms with Crippen LogP contribution in [0.1, 0.15) is 28.5 Å². The van der Waals surface area contributed by atoms with E-state index in [-0.39, 0.29) is 11.3 Å². The number of aromatic amines is 1. The predicted octanol–water partition coefficient (Wildman–Crippen LogP) is 2.42. The first-order chi connectivity index (χ1) is 9.65. The Morgan fingerprint density at radius 1 is 1.25 bits per heavy atom. The van der Waals surface area contributed by atoms with Crippen LogP contribution in [0.3, 0.4) is 0 Å². The number of carbonyl (C=O) groups is 1. The lowest BCUT2D eigenvalue weighted by Crippen LogP contribution is -2.11. The Hall–Kier alpha value is -2.62. The molecule has 0 radical (unpaired) electrons. The third-order valence-corrected chi connectivity index (χ3v) is 3.38. The lowest BCUT2D eigenvalue weighted by Gasteiger charge is -2.07. The molecule has 4 nitrogen and oxygen atoms in total. The van der Waals surface area contributed by atoms with Crippen molar-refractivity contribution < 1.29 is 4.79 Å². The predicted molar refractivity (Wildman–Crippen MR) is 77.3 cm³/mol. The van der Waals surface area contributed by atoms with Crippen molar-refractivity contribution in [2.24, 2.45) is 0 Å². The summed E-state index contributed by atoms with van der Waals surface area (Å²) in [4.78, 5) is 25.8. The Morgan fingerprint density at radius 3 is 2.90 bits per heavy atom. The molecule has 1 N–H and O–H groups in total. The van der Waals surface area contributed by atoms with E-state index in [1.54, 1.807) is 19.2 Å². The first-order valence-electron chi connectivity index (χ1n) is 6.42. The molecular weight excluding hydrogens is 252 g/mol. The average Bonchev–Trinajstić information content (AvgIpc) is 2.93. The fourth-order valence-corrected chi connectivity index (χ4v) is 2.35. The molecule has 0 amide bonds. The number of hydrogen-bond donors (Lipinski definition) is 1. The zero-order valence-electron chi connectivity index (χ0n) is 11.1. The van der Waals surface area contributed by atoms with Gasteiger partial charge in [-0.15, -0.1) is 0 Å². The molecule has 0 aliphatic carbocycles. The monoisotopic (exact) mass is 266 g/mol. The normalized spacial score (nSPS) is 10.8. The summed E-state index contributed by atoms with van der Waals surface area (Å²) in [6.07, 6.45) is 4.24. The number of nitrogens with zero attached hydrogens (tertiary/aromatic N) is 1. The van der Waals surface area contributed by atoms with E-state index in [9.17, 15) is 9.59 Å². The van der Waals surface area contributed by atoms with E-state index < -0.39 is 0 Å². The van der Waals surface area contributed by atoms with Gasteiger partial charge >= 0.3 is 0 Å². The molecule has 0 bridgehead atoms. The van der Waals surface area contributed by atoms with Crippen molar-refractivity contribution in [2.75, 3.05) is 0 Å². The van der Waals surface area contributed by atoms with E-state index in [0.29, 0.717) is 17.5 Å². The van der Waals surface area contributed by atoms with Gasteiger partial charge in [-0.3, -0.25) is 9.59 Å². The highest BCUT2D eigenvalue weighted by Gasteiger charge is 2.06. The van der Waals surface area contributed by atoms with Crippen LogP contribution in [0.25, 0.3) is 5.52 Å². The third-order valence-electron chi connectivity index (χ3n) is 3.38. The Labute approximate surface area is 115 Å². The van der Waals surface area contributed by atoms with Crippen LogP contribution in [-0.2, 0) is 6.42 Å². The summed E-state index contributed by atoms with van der Waals surface area (Å²) in [6.45, 7) is 1.56. The molecule has 0 fully saturated rings. The molecule has 0 unspecified atom stereocenters. The van der Waals surface area contributed by atoms with Crippen LogP contribution >= 0.6 is 0 Å². The van der Waals surface area contributed by atoms with Crippen molar-refractivity contribution in [3.8, 4) is 0 Å². The van der Waals surface area contributed by atoms with E-state index in [0.717, 1.165) is 11.3 Å². The minimum Gasteiger partial charge on any atom is -0.326 e. The van der Waals surface area contributed by atoms with Gasteiger partial charge in [0, 0.05) is 30.1 Å². The van der Waals surface area contributed by atoms with E-state index >= 15 is 0 Å². The molecular formula is C16H14N2O2. The molecule has 20 heavy (non-hydrogen) atoms. The first-order valence-corrected chi connectivity index (χ1v) is 6.42. The highest BCUT2D eigenvalue weighted by atomic mass is 16.1. The van der Waals surface area contributed by atoms with Crippen molar-refractivity contribution in [3.05, 3.63) is 76.0 Å². The third kappa shape index (κ3) is 2.16. The Balaban J connectivity index is 2.03. The van der Waals surface area contributed by atoms with Crippen molar-refractivity contribution in [1.82, 2.24) is 9.38 Å². The van der Waals surface area contributed by atoms with Crippen LogP contribution in [0.2, 0.25) is 0 Å². The number of hydrogen-bond acceptors (Lipinski definition) is 2. The van der Waals surface area contributed by atoms with Crippen LogP contribution in [0, 0.1) is 0 Å². The zero-order valence-corrected chi connectivity index (χ0v) is 11.1. The van der Waals surface area contributed by atoms with Crippen LogP contribution in [0.4, 0.5) is 0 Å². The molecule has 100 valence electrons. The summed E-state index contributed by atoms with van der Waals surface area (Å²) < 4.78 is 1.87. The summed E-state index contributed by atoms with van der Waals surface area (Å²) in [5.74, 6) is 0.0550. The van der Waals surface area contributed by atoms with Crippen molar-refractivity contribution in [3.63, 3.8) is 0 Å². The van der Waals surface area contributed by atoms with E-state index in [1.165, 1.54) is 0 Å². The molecule has 3 rings (SSSR count). The van der Waals surface area contributed by atoms with Gasteiger partial charge in [0.25, 0.3) is 5.56 Å². The van der Waals surface area contributed by atoms with Gasteiger partial charge in [-0.05, 0) is 30.7 Å². The van der Waals surface area contributed by atoms with E-state index in [4.69, 9.17) is 0 Å². The average molecular weight is 266 g/mol. The second-order valence-electron chi connectivity index (χ2n) is 4.81. The van der Waals surface area contributed by atoms with Gasteiger partial charge in [0.05, 0.1) is 0 Å². The minimum atomic E-state index is -0.101. The maximum Gasteiger partial charge on any atom is 0.272 e. The summed E-state index contributed by atoms with van der Waals surface area (Å²) in [5, 5.41) is 0. The first kappa shape index (κ1) is 12.4. The van der Waals surface area contributed by atoms with Crippen LogP contribution < -0.4 is 5.56 Å². The molecule has 0 saturated carbocycles. The minimum absolute atomic E-state index is 0.0550. The van der Waals surface area contributed by atoms with Crippen LogP contribution in [0.5, 0.6) is 0 Å². The molecule has 0 atom stereocenters. The van der Waals surface area contributed by atoms with Gasteiger partial charge in [-0.2, -0.15) is 0 Å². The summed E-state index contributed by atoms with van der Waals surface area (Å²) in [5.41, 5.74) is 3.25. The van der Waals surface area contributed by atoms with Gasteiger partial charge in [-0.25, -0.2) is 0 Å². The molecule has 0 aliphatic rings. The number of fused-ring (bicyclic) bond motifs is 1. The van der Waals surface area contributed by atoms with Gasteiger partial charge in [0.2, 0.25) is 0 Å². The molecule has 0 spiro atoms. The van der Waals surface area contributed by atoms with Crippen LogP contribution in [0.15, 0.2) is 53.6 Å². The lowest BCUT2D eigenvalue weighted by molar-refractivity contribution is 0.101.